The highest BCUT2D eigenvalue weighted by Crippen LogP contribution is 1.97. The minimum atomic E-state index is -0.741. The number of carbonyl (C=O) groups is 1. The summed E-state index contributed by atoms with van der Waals surface area (Å²) in [5.41, 5.74) is 0. The highest BCUT2D eigenvalue weighted by atomic mass is 16.4. The molecule has 0 bridgehead atoms. The fraction of sp³-hybridized carbons (Fsp3) is 0.409. The molecule has 2 nitrogen and oxygen atoms in total. The van der Waals surface area contributed by atoms with Crippen molar-refractivity contribution in [2.24, 2.45) is 0 Å². The van der Waals surface area contributed by atoms with Gasteiger partial charge in [-0.25, -0.2) is 0 Å². The first kappa shape index (κ1) is 21.9. The zero-order chi connectivity index (χ0) is 17.7. The van der Waals surface area contributed by atoms with Crippen molar-refractivity contribution in [3.63, 3.8) is 0 Å². The fourth-order valence-corrected chi connectivity index (χ4v) is 1.85. The van der Waals surface area contributed by atoms with Crippen LogP contribution in [-0.4, -0.2) is 11.1 Å². The molecule has 0 fully saturated rings. The average Bonchev–Trinajstić information content (AvgIpc) is 2.56. The summed E-state index contributed by atoms with van der Waals surface area (Å²) < 4.78 is 0. The number of aliphatic carboxylic acids is 1. The van der Waals surface area contributed by atoms with Crippen molar-refractivity contribution in [2.45, 2.75) is 58.3 Å². The Balaban J connectivity index is 3.51. The Morgan fingerprint density at radius 1 is 0.625 bits per heavy atom. The van der Waals surface area contributed by atoms with Crippen LogP contribution in [0.2, 0.25) is 0 Å². The van der Waals surface area contributed by atoms with Gasteiger partial charge in [-0.05, 0) is 44.9 Å². The zero-order valence-electron chi connectivity index (χ0n) is 14.9. The molecular formula is C22H32O2. The molecule has 0 heterocycles. The number of rotatable bonds is 14. The molecule has 0 amide bonds. The molecule has 0 aromatic rings. The lowest BCUT2D eigenvalue weighted by Gasteiger charge is -1.87. The van der Waals surface area contributed by atoms with E-state index in [0.29, 0.717) is 6.42 Å². The maximum Gasteiger partial charge on any atom is 0.303 e. The molecule has 0 aliphatic carbocycles. The van der Waals surface area contributed by atoms with E-state index in [-0.39, 0.29) is 6.42 Å². The molecule has 2 heteroatoms. The van der Waals surface area contributed by atoms with Crippen LogP contribution in [0, 0.1) is 0 Å². The van der Waals surface area contributed by atoms with Gasteiger partial charge in [0.1, 0.15) is 0 Å². The maximum atomic E-state index is 10.3. The molecule has 0 aliphatic rings. The van der Waals surface area contributed by atoms with E-state index >= 15 is 0 Å². The highest BCUT2D eigenvalue weighted by Gasteiger charge is 1.90. The summed E-state index contributed by atoms with van der Waals surface area (Å²) >= 11 is 0. The molecule has 0 aliphatic heterocycles. The van der Waals surface area contributed by atoms with Gasteiger partial charge in [0.25, 0.3) is 0 Å². The fourth-order valence-electron chi connectivity index (χ4n) is 1.85. The van der Waals surface area contributed by atoms with Crippen molar-refractivity contribution in [1.29, 1.82) is 0 Å². The molecular weight excluding hydrogens is 296 g/mol. The van der Waals surface area contributed by atoms with Crippen LogP contribution in [0.5, 0.6) is 0 Å². The molecule has 0 spiro atoms. The number of hydrogen-bond acceptors (Lipinski definition) is 1. The second kappa shape index (κ2) is 19.0. The Hall–Kier alpha value is -2.09. The van der Waals surface area contributed by atoms with Gasteiger partial charge in [-0.15, -0.1) is 0 Å². The molecule has 0 atom stereocenters. The van der Waals surface area contributed by atoms with Gasteiger partial charge in [0, 0.05) is 6.42 Å². The molecule has 0 radical (unpaired) electrons. The van der Waals surface area contributed by atoms with Crippen molar-refractivity contribution < 1.29 is 9.90 Å². The standard InChI is InChI=1S/C22H32O2/c1-2-3-4-5-6-7-8-9-10-11-12-13-14-15-16-17-18-19-20-21-22(23)24/h3-4,6-7,9-10,12-13,15-16,18-19H,2,5,8,11,14,17,20-21H2,1H3,(H,23,24)/b4-3-,7-6-,10-9-,13-12+,16-15+,19-18-. The second-order valence-corrected chi connectivity index (χ2v) is 5.35. The SMILES string of the molecule is CC/C=C\C/C=C\C/C=C\C/C=C/C/C=C/C/C=C\CCC(=O)O. The highest BCUT2D eigenvalue weighted by molar-refractivity contribution is 5.66. The Morgan fingerprint density at radius 2 is 0.958 bits per heavy atom. The minimum Gasteiger partial charge on any atom is -0.481 e. The van der Waals surface area contributed by atoms with E-state index in [2.05, 4.69) is 67.7 Å². The number of hydrogen-bond donors (Lipinski definition) is 1. The number of carboxylic acid groups (broad SMARTS) is 1. The van der Waals surface area contributed by atoms with Crippen LogP contribution in [0.25, 0.3) is 0 Å². The van der Waals surface area contributed by atoms with Gasteiger partial charge in [-0.2, -0.15) is 0 Å². The lowest BCUT2D eigenvalue weighted by molar-refractivity contribution is -0.136. The molecule has 0 saturated heterocycles. The summed E-state index contributed by atoms with van der Waals surface area (Å²) in [6.07, 6.45) is 32.5. The minimum absolute atomic E-state index is 0.210. The molecule has 132 valence electrons. The topological polar surface area (TPSA) is 37.3 Å². The van der Waals surface area contributed by atoms with Gasteiger partial charge in [-0.1, -0.05) is 79.8 Å². The normalized spacial score (nSPS) is 13.0. The lowest BCUT2D eigenvalue weighted by atomic mass is 10.2. The third kappa shape index (κ3) is 19.9. The Morgan fingerprint density at radius 3 is 1.29 bits per heavy atom. The quantitative estimate of drug-likeness (QED) is 0.367. The van der Waals surface area contributed by atoms with Crippen LogP contribution in [-0.2, 0) is 4.79 Å². The number of carboxylic acids is 1. The molecule has 0 rings (SSSR count). The van der Waals surface area contributed by atoms with E-state index in [9.17, 15) is 4.79 Å². The van der Waals surface area contributed by atoms with E-state index in [1.165, 1.54) is 0 Å². The summed E-state index contributed by atoms with van der Waals surface area (Å²) in [5, 5.41) is 8.49. The maximum absolute atomic E-state index is 10.3. The van der Waals surface area contributed by atoms with E-state index in [4.69, 9.17) is 5.11 Å². The van der Waals surface area contributed by atoms with Crippen molar-refractivity contribution in [3.8, 4) is 0 Å². The molecule has 0 aromatic carbocycles. The van der Waals surface area contributed by atoms with Crippen molar-refractivity contribution in [2.75, 3.05) is 0 Å². The van der Waals surface area contributed by atoms with Crippen LogP contribution in [0.3, 0.4) is 0 Å². The van der Waals surface area contributed by atoms with Crippen LogP contribution in [0.1, 0.15) is 58.3 Å². The van der Waals surface area contributed by atoms with Crippen molar-refractivity contribution >= 4 is 5.97 Å². The summed E-state index contributed by atoms with van der Waals surface area (Å²) in [4.78, 5) is 10.3. The van der Waals surface area contributed by atoms with Crippen molar-refractivity contribution in [1.82, 2.24) is 0 Å². The van der Waals surface area contributed by atoms with Crippen LogP contribution < -0.4 is 0 Å². The molecule has 0 unspecified atom stereocenters. The van der Waals surface area contributed by atoms with Crippen molar-refractivity contribution in [3.05, 3.63) is 72.9 Å². The van der Waals surface area contributed by atoms with Gasteiger partial charge in [0.05, 0.1) is 0 Å². The third-order valence-electron chi connectivity index (χ3n) is 3.12. The van der Waals surface area contributed by atoms with Crippen LogP contribution >= 0.6 is 0 Å². The van der Waals surface area contributed by atoms with E-state index in [0.717, 1.165) is 38.5 Å². The first-order valence-corrected chi connectivity index (χ1v) is 8.89. The largest absolute Gasteiger partial charge is 0.481 e. The van der Waals surface area contributed by atoms with Crippen LogP contribution in [0.4, 0.5) is 0 Å². The van der Waals surface area contributed by atoms with Crippen LogP contribution in [0.15, 0.2) is 72.9 Å². The van der Waals surface area contributed by atoms with Gasteiger partial charge < -0.3 is 5.11 Å². The molecule has 1 N–H and O–H groups in total. The van der Waals surface area contributed by atoms with E-state index < -0.39 is 5.97 Å². The summed E-state index contributed by atoms with van der Waals surface area (Å²) in [5.74, 6) is -0.741. The zero-order valence-corrected chi connectivity index (χ0v) is 14.9. The van der Waals surface area contributed by atoms with Gasteiger partial charge in [0.2, 0.25) is 0 Å². The predicted molar refractivity (Wildman–Crippen MR) is 105 cm³/mol. The Bertz CT molecular complexity index is 462. The summed E-state index contributed by atoms with van der Waals surface area (Å²) in [6.45, 7) is 2.15. The van der Waals surface area contributed by atoms with Gasteiger partial charge >= 0.3 is 5.97 Å². The molecule has 0 aromatic heterocycles. The molecule has 24 heavy (non-hydrogen) atoms. The number of allylic oxidation sites excluding steroid dienone is 12. The second-order valence-electron chi connectivity index (χ2n) is 5.35. The van der Waals surface area contributed by atoms with E-state index in [1.54, 1.807) is 0 Å². The monoisotopic (exact) mass is 328 g/mol. The molecule has 0 saturated carbocycles. The smallest absolute Gasteiger partial charge is 0.303 e. The van der Waals surface area contributed by atoms with E-state index in [1.807, 2.05) is 12.2 Å². The summed E-state index contributed by atoms with van der Waals surface area (Å²) in [6, 6.07) is 0. The first-order valence-electron chi connectivity index (χ1n) is 8.89. The Labute approximate surface area is 147 Å². The Kier molecular flexibility index (Phi) is 17.3. The van der Waals surface area contributed by atoms with Gasteiger partial charge in [-0.3, -0.25) is 4.79 Å². The van der Waals surface area contributed by atoms with Gasteiger partial charge in [0.15, 0.2) is 0 Å². The third-order valence-corrected chi connectivity index (χ3v) is 3.12. The lowest BCUT2D eigenvalue weighted by Crippen LogP contribution is -1.91. The predicted octanol–water partition coefficient (Wildman–Crippen LogP) is 6.55. The average molecular weight is 328 g/mol. The first-order chi connectivity index (χ1) is 11.8. The summed E-state index contributed by atoms with van der Waals surface area (Å²) in [7, 11) is 0.